The van der Waals surface area contributed by atoms with Gasteiger partial charge in [-0.2, -0.15) is 5.10 Å². The molecular weight excluding hydrogens is 236 g/mol. The van der Waals surface area contributed by atoms with Gasteiger partial charge in [0, 0.05) is 19.2 Å². The summed E-state index contributed by atoms with van der Waals surface area (Å²) in [5, 5.41) is 4.49. The van der Waals surface area contributed by atoms with E-state index >= 15 is 0 Å². The van der Waals surface area contributed by atoms with E-state index < -0.39 is 0 Å². The minimum absolute atomic E-state index is 0.524. The second-order valence-electron chi connectivity index (χ2n) is 4.67. The van der Waals surface area contributed by atoms with Gasteiger partial charge < -0.3 is 5.73 Å². The molecular formula is C15H16N4. The zero-order valence-corrected chi connectivity index (χ0v) is 10.9. The number of hydrogen-bond acceptors (Lipinski definition) is 3. The van der Waals surface area contributed by atoms with Crippen molar-refractivity contribution >= 4 is 5.65 Å². The molecule has 3 aromatic rings. The van der Waals surface area contributed by atoms with Crippen molar-refractivity contribution < 1.29 is 0 Å². The molecule has 4 nitrogen and oxygen atoms in total. The van der Waals surface area contributed by atoms with E-state index in [4.69, 9.17) is 5.73 Å². The monoisotopic (exact) mass is 252 g/mol. The second kappa shape index (κ2) is 4.82. The first-order valence-electron chi connectivity index (χ1n) is 6.35. The summed E-state index contributed by atoms with van der Waals surface area (Å²) in [6, 6.07) is 12.3. The van der Waals surface area contributed by atoms with E-state index in [1.165, 1.54) is 11.1 Å². The van der Waals surface area contributed by atoms with Gasteiger partial charge in [-0.1, -0.05) is 24.3 Å². The fourth-order valence-electron chi connectivity index (χ4n) is 2.15. The molecule has 4 heteroatoms. The second-order valence-corrected chi connectivity index (χ2v) is 4.67. The molecule has 0 atom stereocenters. The lowest BCUT2D eigenvalue weighted by Crippen LogP contribution is -1.97. The number of rotatable bonds is 3. The first-order valence-corrected chi connectivity index (χ1v) is 6.35. The van der Waals surface area contributed by atoms with Gasteiger partial charge in [-0.3, -0.25) is 0 Å². The van der Waals surface area contributed by atoms with Crippen molar-refractivity contribution in [3.05, 3.63) is 65.1 Å². The van der Waals surface area contributed by atoms with Gasteiger partial charge in [-0.25, -0.2) is 9.50 Å². The van der Waals surface area contributed by atoms with E-state index in [-0.39, 0.29) is 0 Å². The Morgan fingerprint density at radius 1 is 1.21 bits per heavy atom. The Morgan fingerprint density at radius 3 is 2.84 bits per heavy atom. The largest absolute Gasteiger partial charge is 0.326 e. The van der Waals surface area contributed by atoms with Gasteiger partial charge in [0.1, 0.15) is 0 Å². The quantitative estimate of drug-likeness (QED) is 0.776. The summed E-state index contributed by atoms with van der Waals surface area (Å²) in [5.41, 5.74) is 10.1. The molecule has 96 valence electrons. The molecule has 3 rings (SSSR count). The van der Waals surface area contributed by atoms with Crippen LogP contribution in [-0.2, 0) is 13.0 Å². The summed E-state index contributed by atoms with van der Waals surface area (Å²) in [6.45, 7) is 2.63. The molecule has 2 heterocycles. The third kappa shape index (κ3) is 2.35. The molecule has 0 fully saturated rings. The molecule has 0 saturated carbocycles. The fraction of sp³-hybridized carbons (Fsp3) is 0.200. The van der Waals surface area contributed by atoms with E-state index in [1.807, 2.05) is 30.5 Å². The summed E-state index contributed by atoms with van der Waals surface area (Å²) in [4.78, 5) is 4.55. The zero-order chi connectivity index (χ0) is 13.2. The van der Waals surface area contributed by atoms with Crippen LogP contribution in [0.3, 0.4) is 0 Å². The smallest absolute Gasteiger partial charge is 0.156 e. The van der Waals surface area contributed by atoms with Gasteiger partial charge in [0.05, 0.1) is 0 Å². The number of benzene rings is 1. The summed E-state index contributed by atoms with van der Waals surface area (Å²) in [6.07, 6.45) is 2.66. The number of aryl methyl sites for hydroxylation is 1. The zero-order valence-electron chi connectivity index (χ0n) is 10.9. The molecule has 0 saturated heterocycles. The topological polar surface area (TPSA) is 56.2 Å². The highest BCUT2D eigenvalue weighted by Crippen LogP contribution is 2.12. The Bertz CT molecular complexity index is 715. The van der Waals surface area contributed by atoms with Gasteiger partial charge in [0.2, 0.25) is 0 Å². The molecule has 0 aliphatic heterocycles. The van der Waals surface area contributed by atoms with Crippen LogP contribution >= 0.6 is 0 Å². The summed E-state index contributed by atoms with van der Waals surface area (Å²) in [5.74, 6) is 0.837. The predicted octanol–water partition coefficient (Wildman–Crippen LogP) is 2.09. The van der Waals surface area contributed by atoms with Crippen LogP contribution in [0, 0.1) is 6.92 Å². The Hall–Kier alpha value is -2.20. The Balaban J connectivity index is 1.95. The van der Waals surface area contributed by atoms with Gasteiger partial charge in [-0.15, -0.1) is 0 Å². The maximum atomic E-state index is 5.63. The number of nitrogens with zero attached hydrogens (tertiary/aromatic N) is 3. The van der Waals surface area contributed by atoms with Crippen LogP contribution in [0.15, 0.2) is 42.6 Å². The Morgan fingerprint density at radius 2 is 2.05 bits per heavy atom. The van der Waals surface area contributed by atoms with Crippen LogP contribution in [0.4, 0.5) is 0 Å². The molecule has 0 aliphatic carbocycles. The SMILES string of the molecule is Cc1ccccc1Cc1nc2cc(CN)ccn2n1. The van der Waals surface area contributed by atoms with Crippen molar-refractivity contribution in [2.24, 2.45) is 5.73 Å². The van der Waals surface area contributed by atoms with E-state index in [0.717, 1.165) is 23.5 Å². The highest BCUT2D eigenvalue weighted by molar-refractivity contribution is 5.41. The van der Waals surface area contributed by atoms with Crippen molar-refractivity contribution in [3.8, 4) is 0 Å². The van der Waals surface area contributed by atoms with Gasteiger partial charge in [-0.05, 0) is 35.7 Å². The lowest BCUT2D eigenvalue weighted by molar-refractivity contribution is 0.893. The number of fused-ring (bicyclic) bond motifs is 1. The molecule has 2 N–H and O–H groups in total. The van der Waals surface area contributed by atoms with Crippen LogP contribution in [-0.4, -0.2) is 14.6 Å². The number of pyridine rings is 1. The number of nitrogens with two attached hydrogens (primary N) is 1. The standard InChI is InChI=1S/C15H16N4/c1-11-4-2-3-5-13(11)9-14-17-15-8-12(10-16)6-7-19(15)18-14/h2-8H,9-10,16H2,1H3. The average Bonchev–Trinajstić information content (AvgIpc) is 2.82. The van der Waals surface area contributed by atoms with E-state index in [9.17, 15) is 0 Å². The average molecular weight is 252 g/mol. The summed E-state index contributed by atoms with van der Waals surface area (Å²) in [7, 11) is 0. The van der Waals surface area contributed by atoms with Gasteiger partial charge >= 0.3 is 0 Å². The first-order chi connectivity index (χ1) is 9.26. The lowest BCUT2D eigenvalue weighted by Gasteiger charge is -2.01. The maximum Gasteiger partial charge on any atom is 0.156 e. The van der Waals surface area contributed by atoms with Crippen LogP contribution < -0.4 is 5.73 Å². The van der Waals surface area contributed by atoms with Crippen LogP contribution in [0.5, 0.6) is 0 Å². The van der Waals surface area contributed by atoms with E-state index in [0.29, 0.717) is 6.54 Å². The van der Waals surface area contributed by atoms with Gasteiger partial charge in [0.15, 0.2) is 11.5 Å². The minimum atomic E-state index is 0.524. The van der Waals surface area contributed by atoms with Crippen molar-refractivity contribution in [1.82, 2.24) is 14.6 Å². The highest BCUT2D eigenvalue weighted by Gasteiger charge is 2.06. The minimum Gasteiger partial charge on any atom is -0.326 e. The summed E-state index contributed by atoms with van der Waals surface area (Å²) >= 11 is 0. The highest BCUT2D eigenvalue weighted by atomic mass is 15.3. The number of hydrogen-bond donors (Lipinski definition) is 1. The molecule has 0 spiro atoms. The Labute approximate surface area is 111 Å². The van der Waals surface area contributed by atoms with Crippen LogP contribution in [0.1, 0.15) is 22.5 Å². The van der Waals surface area contributed by atoms with Crippen molar-refractivity contribution in [2.75, 3.05) is 0 Å². The first kappa shape index (κ1) is 11.9. The molecule has 2 aromatic heterocycles. The molecule has 1 aromatic carbocycles. The third-order valence-electron chi connectivity index (χ3n) is 3.29. The third-order valence-corrected chi connectivity index (χ3v) is 3.29. The van der Waals surface area contributed by atoms with Crippen LogP contribution in [0.25, 0.3) is 5.65 Å². The normalized spacial score (nSPS) is 11.1. The van der Waals surface area contributed by atoms with Crippen molar-refractivity contribution in [1.29, 1.82) is 0 Å². The fourth-order valence-corrected chi connectivity index (χ4v) is 2.15. The molecule has 0 bridgehead atoms. The molecule has 0 radical (unpaired) electrons. The van der Waals surface area contributed by atoms with E-state index in [1.54, 1.807) is 4.52 Å². The number of aromatic nitrogens is 3. The molecule has 0 unspecified atom stereocenters. The maximum absolute atomic E-state index is 5.63. The molecule has 19 heavy (non-hydrogen) atoms. The molecule has 0 aliphatic rings. The summed E-state index contributed by atoms with van der Waals surface area (Å²) < 4.78 is 1.80. The van der Waals surface area contributed by atoms with Crippen LogP contribution in [0.2, 0.25) is 0 Å². The lowest BCUT2D eigenvalue weighted by atomic mass is 10.1. The van der Waals surface area contributed by atoms with E-state index in [2.05, 4.69) is 29.1 Å². The predicted molar refractivity (Wildman–Crippen MR) is 74.9 cm³/mol. The van der Waals surface area contributed by atoms with Crippen molar-refractivity contribution in [2.45, 2.75) is 19.9 Å². The molecule has 0 amide bonds. The van der Waals surface area contributed by atoms with Gasteiger partial charge in [0.25, 0.3) is 0 Å². The Kier molecular flexibility index (Phi) is 3.01. The van der Waals surface area contributed by atoms with Crippen molar-refractivity contribution in [3.63, 3.8) is 0 Å².